The first-order chi connectivity index (χ1) is 18.0. The largest absolute Gasteiger partial charge is 0.488 e. The van der Waals surface area contributed by atoms with Crippen molar-refractivity contribution in [2.45, 2.75) is 25.1 Å². The van der Waals surface area contributed by atoms with E-state index in [1.54, 1.807) is 24.3 Å². The smallest absolute Gasteiger partial charge is 0.247 e. The number of anilines is 1. The Kier molecular flexibility index (Phi) is 7.07. The molecule has 1 aliphatic rings. The molecule has 2 amide bonds. The Hall–Kier alpha value is -4.73. The molecule has 0 spiro atoms. The van der Waals surface area contributed by atoms with Gasteiger partial charge in [0.1, 0.15) is 54.4 Å². The van der Waals surface area contributed by atoms with Crippen LogP contribution < -0.4 is 14.8 Å². The molecule has 1 aliphatic heterocycles. The summed E-state index contributed by atoms with van der Waals surface area (Å²) in [5.74, 6) is 0.782. The zero-order chi connectivity index (χ0) is 25.6. The Labute approximate surface area is 212 Å². The Morgan fingerprint density at radius 3 is 2.32 bits per heavy atom. The molecule has 0 aliphatic carbocycles. The summed E-state index contributed by atoms with van der Waals surface area (Å²) < 4.78 is 26.3. The molecule has 2 unspecified atom stereocenters. The van der Waals surface area contributed by atoms with Crippen molar-refractivity contribution in [3.05, 3.63) is 97.3 Å². The number of aromatic nitrogens is 3. The zero-order valence-electron chi connectivity index (χ0n) is 19.7. The number of benzene rings is 3. The van der Waals surface area contributed by atoms with Crippen molar-refractivity contribution in [1.82, 2.24) is 19.7 Å². The maximum Gasteiger partial charge on any atom is 0.247 e. The molecular formula is C27H24FN5O4. The van der Waals surface area contributed by atoms with Crippen LogP contribution in [0.5, 0.6) is 17.2 Å². The fourth-order valence-electron chi connectivity index (χ4n) is 4.11. The molecule has 9 nitrogen and oxygen atoms in total. The van der Waals surface area contributed by atoms with E-state index in [-0.39, 0.29) is 36.8 Å². The standard InChI is InChI=1S/C27H24FN5O4/c28-19-6-10-22(11-7-19)36-23-12-8-20(9-13-23)31-27(35)25-14-24(37-21-4-2-1-3-5-21)15-33(25)26(34)16-32-18-29-17-30-32/h1-13,17-18,24-25H,14-16H2,(H,31,35). The van der Waals surface area contributed by atoms with Crippen molar-refractivity contribution >= 4 is 17.5 Å². The number of hydrogen-bond donors (Lipinski definition) is 1. The van der Waals surface area contributed by atoms with Gasteiger partial charge in [-0.1, -0.05) is 18.2 Å². The van der Waals surface area contributed by atoms with Crippen LogP contribution in [0.3, 0.4) is 0 Å². The van der Waals surface area contributed by atoms with E-state index in [2.05, 4.69) is 15.4 Å². The number of nitrogens with one attached hydrogen (secondary N) is 1. The van der Waals surface area contributed by atoms with E-state index in [9.17, 15) is 14.0 Å². The van der Waals surface area contributed by atoms with Crippen LogP contribution in [0.4, 0.5) is 10.1 Å². The van der Waals surface area contributed by atoms with Crippen LogP contribution in [0.2, 0.25) is 0 Å². The number of carbonyl (C=O) groups excluding carboxylic acids is 2. The molecular weight excluding hydrogens is 477 g/mol. The van der Waals surface area contributed by atoms with Crippen molar-refractivity contribution in [2.24, 2.45) is 0 Å². The van der Waals surface area contributed by atoms with Crippen molar-refractivity contribution in [3.8, 4) is 17.2 Å². The molecule has 1 saturated heterocycles. The minimum atomic E-state index is -0.722. The van der Waals surface area contributed by atoms with Crippen LogP contribution in [0.15, 0.2) is 91.5 Å². The van der Waals surface area contributed by atoms with Gasteiger partial charge in [-0.2, -0.15) is 5.10 Å². The van der Waals surface area contributed by atoms with Crippen molar-refractivity contribution in [2.75, 3.05) is 11.9 Å². The molecule has 37 heavy (non-hydrogen) atoms. The summed E-state index contributed by atoms with van der Waals surface area (Å²) in [7, 11) is 0. The molecule has 3 aromatic carbocycles. The van der Waals surface area contributed by atoms with Gasteiger partial charge < -0.3 is 19.7 Å². The maximum atomic E-state index is 13.3. The van der Waals surface area contributed by atoms with Gasteiger partial charge in [-0.3, -0.25) is 9.59 Å². The number of halogens is 1. The summed E-state index contributed by atoms with van der Waals surface area (Å²) in [6, 6.07) is 21.1. The Balaban J connectivity index is 1.26. The second kappa shape index (κ2) is 10.9. The highest BCUT2D eigenvalue weighted by Crippen LogP contribution is 2.26. The van der Waals surface area contributed by atoms with Gasteiger partial charge in [-0.05, 0) is 60.7 Å². The van der Waals surface area contributed by atoms with Gasteiger partial charge >= 0.3 is 0 Å². The minimum Gasteiger partial charge on any atom is -0.488 e. The third-order valence-electron chi connectivity index (χ3n) is 5.87. The molecule has 5 rings (SSSR count). The molecule has 1 fully saturated rings. The molecule has 1 aromatic heterocycles. The average molecular weight is 502 g/mol. The summed E-state index contributed by atoms with van der Waals surface area (Å²) >= 11 is 0. The van der Waals surface area contributed by atoms with Crippen molar-refractivity contribution in [3.63, 3.8) is 0 Å². The lowest BCUT2D eigenvalue weighted by molar-refractivity contribution is -0.137. The van der Waals surface area contributed by atoms with Crippen LogP contribution in [0, 0.1) is 5.82 Å². The lowest BCUT2D eigenvalue weighted by atomic mass is 10.1. The molecule has 0 bridgehead atoms. The van der Waals surface area contributed by atoms with E-state index in [1.807, 2.05) is 30.3 Å². The van der Waals surface area contributed by atoms with Gasteiger partial charge in [0, 0.05) is 12.1 Å². The van der Waals surface area contributed by atoms with Gasteiger partial charge in [0.2, 0.25) is 11.8 Å². The molecule has 2 atom stereocenters. The fourth-order valence-corrected chi connectivity index (χ4v) is 4.11. The SMILES string of the molecule is O=C(Nc1ccc(Oc2ccc(F)cc2)cc1)C1CC(Oc2ccccc2)CN1C(=O)Cn1cncn1. The molecule has 0 saturated carbocycles. The predicted molar refractivity (Wildman–Crippen MR) is 133 cm³/mol. The second-order valence-corrected chi connectivity index (χ2v) is 8.51. The molecule has 10 heteroatoms. The Bertz CT molecular complexity index is 1330. The molecule has 4 aromatic rings. The van der Waals surface area contributed by atoms with Crippen LogP contribution in [-0.2, 0) is 16.1 Å². The first-order valence-electron chi connectivity index (χ1n) is 11.7. The number of rotatable bonds is 8. The minimum absolute atomic E-state index is 0.0305. The Morgan fingerprint density at radius 1 is 0.946 bits per heavy atom. The number of likely N-dealkylation sites (tertiary alicyclic amines) is 1. The molecule has 1 N–H and O–H groups in total. The van der Waals surface area contributed by atoms with Crippen molar-refractivity contribution < 1.29 is 23.5 Å². The van der Waals surface area contributed by atoms with Gasteiger partial charge in [-0.15, -0.1) is 0 Å². The van der Waals surface area contributed by atoms with Crippen LogP contribution >= 0.6 is 0 Å². The van der Waals surface area contributed by atoms with E-state index in [1.165, 1.54) is 46.5 Å². The quantitative estimate of drug-likeness (QED) is 0.393. The maximum absolute atomic E-state index is 13.3. The number of para-hydroxylation sites is 1. The third kappa shape index (κ3) is 6.10. The van der Waals surface area contributed by atoms with Crippen molar-refractivity contribution in [1.29, 1.82) is 0 Å². The Morgan fingerprint density at radius 2 is 1.65 bits per heavy atom. The van der Waals surface area contributed by atoms with E-state index >= 15 is 0 Å². The van der Waals surface area contributed by atoms with Gasteiger partial charge in [0.15, 0.2) is 0 Å². The monoisotopic (exact) mass is 501 g/mol. The number of nitrogens with zero attached hydrogens (tertiary/aromatic N) is 4. The summed E-state index contributed by atoms with van der Waals surface area (Å²) in [6.07, 6.45) is 2.81. The predicted octanol–water partition coefficient (Wildman–Crippen LogP) is 3.90. The number of amides is 2. The summed E-state index contributed by atoms with van der Waals surface area (Å²) in [5.41, 5.74) is 0.549. The van der Waals surface area contributed by atoms with Gasteiger partial charge in [0.05, 0.1) is 6.54 Å². The highest BCUT2D eigenvalue weighted by Gasteiger charge is 2.40. The first kappa shape index (κ1) is 24.0. The number of ether oxygens (including phenoxy) is 2. The van der Waals surface area contributed by atoms with Gasteiger partial charge in [-0.25, -0.2) is 14.1 Å². The van der Waals surface area contributed by atoms with E-state index < -0.39 is 6.04 Å². The van der Waals surface area contributed by atoms with Crippen LogP contribution in [0.25, 0.3) is 0 Å². The topological polar surface area (TPSA) is 98.6 Å². The highest BCUT2D eigenvalue weighted by atomic mass is 19.1. The van der Waals surface area contributed by atoms with E-state index in [0.717, 1.165) is 0 Å². The summed E-state index contributed by atoms with van der Waals surface area (Å²) in [4.78, 5) is 31.7. The van der Waals surface area contributed by atoms with Crippen LogP contribution in [-0.4, -0.2) is 50.2 Å². The average Bonchev–Trinajstić information content (AvgIpc) is 3.57. The number of hydrogen-bond acceptors (Lipinski definition) is 6. The second-order valence-electron chi connectivity index (χ2n) is 8.51. The van der Waals surface area contributed by atoms with E-state index in [4.69, 9.17) is 9.47 Å². The molecule has 0 radical (unpaired) electrons. The van der Waals surface area contributed by atoms with E-state index in [0.29, 0.717) is 29.4 Å². The summed E-state index contributed by atoms with van der Waals surface area (Å²) in [6.45, 7) is 0.238. The summed E-state index contributed by atoms with van der Waals surface area (Å²) in [5, 5.41) is 6.87. The lowest BCUT2D eigenvalue weighted by Crippen LogP contribution is -2.44. The lowest BCUT2D eigenvalue weighted by Gasteiger charge is -2.23. The molecule has 2 heterocycles. The van der Waals surface area contributed by atoms with Crippen LogP contribution in [0.1, 0.15) is 6.42 Å². The normalized spacial score (nSPS) is 16.8. The fraction of sp³-hybridized carbons (Fsp3) is 0.185. The highest BCUT2D eigenvalue weighted by molar-refractivity contribution is 5.97. The first-order valence-corrected chi connectivity index (χ1v) is 11.7. The number of carbonyl (C=O) groups is 2. The zero-order valence-corrected chi connectivity index (χ0v) is 19.7. The third-order valence-corrected chi connectivity index (χ3v) is 5.87. The molecule has 188 valence electrons. The van der Waals surface area contributed by atoms with Gasteiger partial charge in [0.25, 0.3) is 0 Å².